The number of urea groups is 1. The van der Waals surface area contributed by atoms with Crippen LogP contribution in [0.2, 0.25) is 0 Å². The second kappa shape index (κ2) is 1.93. The summed E-state index contributed by atoms with van der Waals surface area (Å²) in [5.74, 6) is -0.949. The maximum Gasteiger partial charge on any atom is 0.347 e. The molecule has 0 aliphatic carbocycles. The molecule has 1 aliphatic heterocycles. The number of aliphatic imine (C=N–C) groups is 1. The zero-order valence-corrected chi connectivity index (χ0v) is 4.30. The van der Waals surface area contributed by atoms with E-state index in [2.05, 4.69) is 4.99 Å². The van der Waals surface area contributed by atoms with Crippen molar-refractivity contribution in [1.82, 2.24) is 5.32 Å². The monoisotopic (exact) mass is 130 g/mol. The summed E-state index contributed by atoms with van der Waals surface area (Å²) in [6.45, 7) is 0. The lowest BCUT2D eigenvalue weighted by Crippen LogP contribution is -2.39. The molecule has 3 amide bonds. The summed E-state index contributed by atoms with van der Waals surface area (Å²) >= 11 is 0. The Kier molecular flexibility index (Phi) is 1.26. The van der Waals surface area contributed by atoms with E-state index in [1.165, 1.54) is 0 Å². The first-order valence-electron chi connectivity index (χ1n) is 2.23. The number of amides is 3. The minimum atomic E-state index is -1.78. The minimum absolute atomic E-state index is 0.668. The summed E-state index contributed by atoms with van der Waals surface area (Å²) < 4.78 is 12.0. The first-order chi connectivity index (χ1) is 4.20. The summed E-state index contributed by atoms with van der Waals surface area (Å²) in [5.41, 5.74) is 0. The largest absolute Gasteiger partial charge is 0.347 e. The van der Waals surface area contributed by atoms with Crippen molar-refractivity contribution in [3.63, 3.8) is 0 Å². The topological polar surface area (TPSA) is 58.5 Å². The van der Waals surface area contributed by atoms with Crippen molar-refractivity contribution in [2.24, 2.45) is 4.99 Å². The molecule has 9 heavy (non-hydrogen) atoms. The molecule has 4 nitrogen and oxygen atoms in total. The standard InChI is InChI=1S/C4H3FN2O2/c5-2-1-6-4(9)7-3(2)8/h1-2H,(H,7,8,9). The third-order valence-corrected chi connectivity index (χ3v) is 0.803. The van der Waals surface area contributed by atoms with E-state index in [0.717, 1.165) is 0 Å². The van der Waals surface area contributed by atoms with Crippen molar-refractivity contribution in [3.05, 3.63) is 0 Å². The van der Waals surface area contributed by atoms with Gasteiger partial charge in [-0.2, -0.15) is 0 Å². The molecule has 0 radical (unpaired) electrons. The molecule has 48 valence electrons. The van der Waals surface area contributed by atoms with Gasteiger partial charge in [0.15, 0.2) is 0 Å². The van der Waals surface area contributed by atoms with Gasteiger partial charge < -0.3 is 0 Å². The van der Waals surface area contributed by atoms with Gasteiger partial charge in [-0.15, -0.1) is 0 Å². The van der Waals surface area contributed by atoms with Gasteiger partial charge in [0.2, 0.25) is 6.17 Å². The summed E-state index contributed by atoms with van der Waals surface area (Å²) in [6.07, 6.45) is -1.11. The van der Waals surface area contributed by atoms with E-state index in [1.54, 1.807) is 5.32 Å². The highest BCUT2D eigenvalue weighted by molar-refractivity contribution is 6.11. The number of carbonyl (C=O) groups excluding carboxylic acids is 2. The van der Waals surface area contributed by atoms with E-state index in [-0.39, 0.29) is 0 Å². The van der Waals surface area contributed by atoms with Gasteiger partial charge in [0.25, 0.3) is 5.91 Å². The van der Waals surface area contributed by atoms with Crippen molar-refractivity contribution in [3.8, 4) is 0 Å². The van der Waals surface area contributed by atoms with Crippen molar-refractivity contribution in [2.45, 2.75) is 6.17 Å². The highest BCUT2D eigenvalue weighted by Gasteiger charge is 2.21. The zero-order chi connectivity index (χ0) is 6.85. The van der Waals surface area contributed by atoms with E-state index in [0.29, 0.717) is 6.21 Å². The maximum absolute atomic E-state index is 12.0. The molecule has 0 bridgehead atoms. The fourth-order valence-corrected chi connectivity index (χ4v) is 0.407. The predicted octanol–water partition coefficient (Wildman–Crippen LogP) is -0.355. The van der Waals surface area contributed by atoms with Crippen LogP contribution in [0, 0.1) is 0 Å². The van der Waals surface area contributed by atoms with Crippen molar-refractivity contribution in [2.75, 3.05) is 0 Å². The Morgan fingerprint density at radius 3 is 2.78 bits per heavy atom. The molecule has 1 atom stereocenters. The molecular formula is C4H3FN2O2. The van der Waals surface area contributed by atoms with Crippen molar-refractivity contribution >= 4 is 18.2 Å². The third kappa shape index (κ3) is 1.10. The van der Waals surface area contributed by atoms with Crippen LogP contribution in [0.1, 0.15) is 0 Å². The summed E-state index contributed by atoms with van der Waals surface area (Å²) in [7, 11) is 0. The zero-order valence-electron chi connectivity index (χ0n) is 4.30. The number of halogens is 1. The third-order valence-electron chi connectivity index (χ3n) is 0.803. The van der Waals surface area contributed by atoms with Crippen molar-refractivity contribution < 1.29 is 14.0 Å². The van der Waals surface area contributed by atoms with Gasteiger partial charge >= 0.3 is 6.03 Å². The number of nitrogens with zero attached hydrogens (tertiary/aromatic N) is 1. The van der Waals surface area contributed by atoms with Crippen LogP contribution in [0.25, 0.3) is 0 Å². The Bertz CT molecular complexity index is 189. The number of imide groups is 1. The van der Waals surface area contributed by atoms with E-state index in [1.807, 2.05) is 0 Å². The smallest absolute Gasteiger partial charge is 0.273 e. The molecule has 1 rings (SSSR count). The fourth-order valence-electron chi connectivity index (χ4n) is 0.407. The van der Waals surface area contributed by atoms with Crippen LogP contribution >= 0.6 is 0 Å². The molecule has 0 fully saturated rings. The van der Waals surface area contributed by atoms with Crippen LogP contribution < -0.4 is 5.32 Å². The Labute approximate surface area is 49.8 Å². The summed E-state index contributed by atoms with van der Waals surface area (Å²) in [4.78, 5) is 23.3. The second-order valence-corrected chi connectivity index (χ2v) is 1.47. The van der Waals surface area contributed by atoms with Crippen LogP contribution in [-0.4, -0.2) is 24.3 Å². The van der Waals surface area contributed by atoms with Crippen LogP contribution in [0.5, 0.6) is 0 Å². The van der Waals surface area contributed by atoms with Crippen LogP contribution in [-0.2, 0) is 4.79 Å². The van der Waals surface area contributed by atoms with Gasteiger partial charge in [-0.25, -0.2) is 14.2 Å². The molecule has 1 unspecified atom stereocenters. The number of rotatable bonds is 0. The predicted molar refractivity (Wildman–Crippen MR) is 26.9 cm³/mol. The van der Waals surface area contributed by atoms with Gasteiger partial charge in [0.05, 0.1) is 6.21 Å². The van der Waals surface area contributed by atoms with Crippen LogP contribution in [0.4, 0.5) is 9.18 Å². The lowest BCUT2D eigenvalue weighted by molar-refractivity contribution is -0.122. The second-order valence-electron chi connectivity index (χ2n) is 1.47. The van der Waals surface area contributed by atoms with E-state index in [4.69, 9.17) is 0 Å². The van der Waals surface area contributed by atoms with Crippen LogP contribution in [0.15, 0.2) is 4.99 Å². The Morgan fingerprint density at radius 2 is 2.33 bits per heavy atom. The fraction of sp³-hybridized carbons (Fsp3) is 0.250. The quantitative estimate of drug-likeness (QED) is 0.487. The average Bonchev–Trinajstić information content (AvgIpc) is 1.80. The summed E-state index contributed by atoms with van der Waals surface area (Å²) in [6, 6.07) is -0.811. The SMILES string of the molecule is O=C1N=CC(F)C(=O)N1. The van der Waals surface area contributed by atoms with Gasteiger partial charge in [-0.1, -0.05) is 0 Å². The highest BCUT2D eigenvalue weighted by atomic mass is 19.1. The number of alkyl halides is 1. The maximum atomic E-state index is 12.0. The van der Waals surface area contributed by atoms with Crippen LogP contribution in [0.3, 0.4) is 0 Å². The van der Waals surface area contributed by atoms with Crippen molar-refractivity contribution in [1.29, 1.82) is 0 Å². The normalized spacial score (nSPS) is 26.1. The molecule has 1 aliphatic rings. The molecular weight excluding hydrogens is 127 g/mol. The number of nitrogens with one attached hydrogen (secondary N) is 1. The van der Waals surface area contributed by atoms with Gasteiger partial charge in [0.1, 0.15) is 0 Å². The Balaban J connectivity index is 2.76. The number of carbonyl (C=O) groups is 2. The number of hydrogen-bond acceptors (Lipinski definition) is 2. The lowest BCUT2D eigenvalue weighted by atomic mass is 10.4. The van der Waals surface area contributed by atoms with Gasteiger partial charge in [-0.3, -0.25) is 10.1 Å². The molecule has 5 heteroatoms. The molecule has 0 saturated heterocycles. The lowest BCUT2D eigenvalue weighted by Gasteiger charge is -2.05. The average molecular weight is 130 g/mol. The Morgan fingerprint density at radius 1 is 1.67 bits per heavy atom. The molecule has 0 aromatic carbocycles. The molecule has 0 aromatic rings. The highest BCUT2D eigenvalue weighted by Crippen LogP contribution is 1.92. The van der Waals surface area contributed by atoms with Gasteiger partial charge in [0, 0.05) is 0 Å². The first kappa shape index (κ1) is 5.87. The Hall–Kier alpha value is -1.26. The molecule has 0 spiro atoms. The molecule has 1 N–H and O–H groups in total. The number of hydrogen-bond donors (Lipinski definition) is 1. The first-order valence-corrected chi connectivity index (χ1v) is 2.23. The summed E-state index contributed by atoms with van der Waals surface area (Å²) in [5, 5.41) is 1.68. The molecule has 0 aromatic heterocycles. The molecule has 1 heterocycles. The van der Waals surface area contributed by atoms with E-state index < -0.39 is 18.1 Å². The molecule has 0 saturated carbocycles. The minimum Gasteiger partial charge on any atom is -0.273 e. The van der Waals surface area contributed by atoms with E-state index >= 15 is 0 Å². The van der Waals surface area contributed by atoms with E-state index in [9.17, 15) is 14.0 Å². The van der Waals surface area contributed by atoms with Gasteiger partial charge in [-0.05, 0) is 0 Å².